The normalized spacial score (nSPS) is 10.7. The maximum absolute atomic E-state index is 12.6. The molecule has 0 unspecified atom stereocenters. The molecule has 0 aliphatic carbocycles. The standard InChI is InChI=1S/C31H38O7/c1-4-20-36-30(33)19-13-25-12-18-28(24(3)23-25)38-31(34)26-14-16-27(17-15-26)35-21-10-8-6-7-9-11-22-37-29(32)5-2/h5,12-19,23H,2,4,6-11,20-22H2,1,3H3/b19-13+. The maximum atomic E-state index is 12.6. The molecule has 2 aromatic rings. The van der Waals surface area contributed by atoms with E-state index in [-0.39, 0.29) is 11.9 Å². The number of unbranched alkanes of at least 4 members (excludes halogenated alkanes) is 5. The highest BCUT2D eigenvalue weighted by molar-refractivity contribution is 5.91. The summed E-state index contributed by atoms with van der Waals surface area (Å²) in [6, 6.07) is 12.2. The Bertz CT molecular complexity index is 1070. The first kappa shape index (κ1) is 30.4. The van der Waals surface area contributed by atoms with Gasteiger partial charge in [0.1, 0.15) is 11.5 Å². The average molecular weight is 523 g/mol. The van der Waals surface area contributed by atoms with Gasteiger partial charge in [0.15, 0.2) is 0 Å². The van der Waals surface area contributed by atoms with Crippen LogP contribution in [0.4, 0.5) is 0 Å². The van der Waals surface area contributed by atoms with Gasteiger partial charge in [0.2, 0.25) is 0 Å². The second-order valence-corrected chi connectivity index (χ2v) is 8.78. The van der Waals surface area contributed by atoms with E-state index in [1.807, 2.05) is 19.9 Å². The molecule has 0 saturated heterocycles. The zero-order valence-electron chi connectivity index (χ0n) is 22.4. The van der Waals surface area contributed by atoms with E-state index in [0.29, 0.717) is 36.9 Å². The molecule has 0 fully saturated rings. The van der Waals surface area contributed by atoms with Gasteiger partial charge in [-0.2, -0.15) is 0 Å². The topological polar surface area (TPSA) is 88.1 Å². The molecule has 0 radical (unpaired) electrons. The fraction of sp³-hybridized carbons (Fsp3) is 0.387. The molecule has 0 bridgehead atoms. The molecule has 0 aliphatic rings. The quantitative estimate of drug-likeness (QED) is 0.0997. The Kier molecular flexibility index (Phi) is 14.0. The Balaban J connectivity index is 1.69. The Hall–Kier alpha value is -3.87. The Morgan fingerprint density at radius 1 is 0.816 bits per heavy atom. The SMILES string of the molecule is C=CC(=O)OCCCCCCCCOc1ccc(C(=O)Oc2ccc(/C=C/C(=O)OCCC)cc2C)cc1. The number of hydrogen-bond donors (Lipinski definition) is 0. The van der Waals surface area contributed by atoms with Gasteiger partial charge in [0, 0.05) is 12.2 Å². The Morgan fingerprint density at radius 3 is 2.13 bits per heavy atom. The third-order valence-corrected chi connectivity index (χ3v) is 5.57. The van der Waals surface area contributed by atoms with E-state index < -0.39 is 5.97 Å². The highest BCUT2D eigenvalue weighted by Crippen LogP contribution is 2.22. The minimum atomic E-state index is -0.453. The van der Waals surface area contributed by atoms with Gasteiger partial charge in [0.25, 0.3) is 0 Å². The van der Waals surface area contributed by atoms with Crippen molar-refractivity contribution in [1.82, 2.24) is 0 Å². The fourth-order valence-electron chi connectivity index (χ4n) is 3.48. The highest BCUT2D eigenvalue weighted by Gasteiger charge is 2.11. The lowest BCUT2D eigenvalue weighted by Gasteiger charge is -2.09. The van der Waals surface area contributed by atoms with Crippen LogP contribution in [0.3, 0.4) is 0 Å². The molecule has 2 aromatic carbocycles. The van der Waals surface area contributed by atoms with E-state index >= 15 is 0 Å². The molecule has 0 aromatic heterocycles. The number of carbonyl (C=O) groups is 3. The minimum absolute atomic E-state index is 0.370. The predicted molar refractivity (Wildman–Crippen MR) is 147 cm³/mol. The van der Waals surface area contributed by atoms with Crippen LogP contribution in [0.15, 0.2) is 61.2 Å². The van der Waals surface area contributed by atoms with Gasteiger partial charge in [0.05, 0.1) is 25.4 Å². The zero-order valence-corrected chi connectivity index (χ0v) is 22.4. The first-order chi connectivity index (χ1) is 18.4. The van der Waals surface area contributed by atoms with Crippen LogP contribution in [-0.4, -0.2) is 37.7 Å². The van der Waals surface area contributed by atoms with E-state index in [9.17, 15) is 14.4 Å². The summed E-state index contributed by atoms with van der Waals surface area (Å²) in [5.74, 6) is -0.0465. The van der Waals surface area contributed by atoms with Gasteiger partial charge in [-0.1, -0.05) is 45.3 Å². The summed E-state index contributed by atoms with van der Waals surface area (Å²) in [4.78, 5) is 35.2. The lowest BCUT2D eigenvalue weighted by molar-refractivity contribution is -0.138. The summed E-state index contributed by atoms with van der Waals surface area (Å²) in [6.45, 7) is 8.59. The minimum Gasteiger partial charge on any atom is -0.494 e. The second kappa shape index (κ2) is 17.6. The van der Waals surface area contributed by atoms with Gasteiger partial charge in [-0.15, -0.1) is 0 Å². The van der Waals surface area contributed by atoms with Crippen LogP contribution in [0.1, 0.15) is 73.4 Å². The third kappa shape index (κ3) is 11.9. The molecule has 38 heavy (non-hydrogen) atoms. The molecule has 7 heteroatoms. The summed E-state index contributed by atoms with van der Waals surface area (Å²) in [7, 11) is 0. The van der Waals surface area contributed by atoms with Crippen LogP contribution in [-0.2, 0) is 19.1 Å². The number of hydrogen-bond acceptors (Lipinski definition) is 7. The van der Waals surface area contributed by atoms with Crippen molar-refractivity contribution < 1.29 is 33.3 Å². The third-order valence-electron chi connectivity index (χ3n) is 5.57. The Morgan fingerprint density at radius 2 is 1.47 bits per heavy atom. The van der Waals surface area contributed by atoms with Crippen molar-refractivity contribution in [1.29, 1.82) is 0 Å². The number of aryl methyl sites for hydroxylation is 1. The van der Waals surface area contributed by atoms with Gasteiger partial charge in [-0.3, -0.25) is 0 Å². The van der Waals surface area contributed by atoms with Crippen LogP contribution < -0.4 is 9.47 Å². The van der Waals surface area contributed by atoms with Crippen molar-refractivity contribution in [3.63, 3.8) is 0 Å². The molecule has 204 valence electrons. The van der Waals surface area contributed by atoms with Gasteiger partial charge >= 0.3 is 17.9 Å². The summed E-state index contributed by atoms with van der Waals surface area (Å²) in [5.41, 5.74) is 2.01. The monoisotopic (exact) mass is 522 g/mol. The zero-order chi connectivity index (χ0) is 27.6. The molecule has 0 amide bonds. The van der Waals surface area contributed by atoms with Crippen LogP contribution in [0.2, 0.25) is 0 Å². The lowest BCUT2D eigenvalue weighted by atomic mass is 10.1. The second-order valence-electron chi connectivity index (χ2n) is 8.78. The summed E-state index contributed by atoms with van der Waals surface area (Å²) in [5, 5.41) is 0. The lowest BCUT2D eigenvalue weighted by Crippen LogP contribution is -2.09. The van der Waals surface area contributed by atoms with Crippen LogP contribution in [0.25, 0.3) is 6.08 Å². The number of rotatable bonds is 17. The summed E-state index contributed by atoms with van der Waals surface area (Å²) in [6.07, 6.45) is 11.1. The fourth-order valence-corrected chi connectivity index (χ4v) is 3.48. The van der Waals surface area contributed by atoms with Crippen molar-refractivity contribution in [2.24, 2.45) is 0 Å². The van der Waals surface area contributed by atoms with E-state index in [1.165, 1.54) is 12.2 Å². The number of esters is 3. The van der Waals surface area contributed by atoms with Crippen molar-refractivity contribution >= 4 is 24.0 Å². The summed E-state index contributed by atoms with van der Waals surface area (Å²) < 4.78 is 21.3. The van der Waals surface area contributed by atoms with Gasteiger partial charge in [-0.25, -0.2) is 14.4 Å². The van der Waals surface area contributed by atoms with Crippen molar-refractivity contribution in [2.75, 3.05) is 19.8 Å². The van der Waals surface area contributed by atoms with Crippen LogP contribution >= 0.6 is 0 Å². The van der Waals surface area contributed by atoms with Crippen molar-refractivity contribution in [2.45, 2.75) is 58.8 Å². The highest BCUT2D eigenvalue weighted by atomic mass is 16.5. The number of ether oxygens (including phenoxy) is 4. The Labute approximate surface area is 225 Å². The first-order valence-electron chi connectivity index (χ1n) is 13.1. The molecule has 7 nitrogen and oxygen atoms in total. The van der Waals surface area contributed by atoms with Crippen LogP contribution in [0.5, 0.6) is 11.5 Å². The van der Waals surface area contributed by atoms with E-state index in [1.54, 1.807) is 42.5 Å². The largest absolute Gasteiger partial charge is 0.494 e. The molecular weight excluding hydrogens is 484 g/mol. The average Bonchev–Trinajstić information content (AvgIpc) is 2.93. The van der Waals surface area contributed by atoms with Gasteiger partial charge < -0.3 is 18.9 Å². The first-order valence-corrected chi connectivity index (χ1v) is 13.1. The molecule has 2 rings (SSSR count). The van der Waals surface area contributed by atoms with Crippen LogP contribution in [0, 0.1) is 6.92 Å². The molecule has 0 spiro atoms. The van der Waals surface area contributed by atoms with E-state index in [4.69, 9.17) is 18.9 Å². The van der Waals surface area contributed by atoms with E-state index in [2.05, 4.69) is 6.58 Å². The molecule has 0 saturated carbocycles. The molecule has 0 heterocycles. The van der Waals surface area contributed by atoms with E-state index in [0.717, 1.165) is 56.1 Å². The smallest absolute Gasteiger partial charge is 0.343 e. The molecule has 0 N–H and O–H groups in total. The molecule has 0 aliphatic heterocycles. The summed E-state index contributed by atoms with van der Waals surface area (Å²) >= 11 is 0. The maximum Gasteiger partial charge on any atom is 0.343 e. The number of carbonyl (C=O) groups excluding carboxylic acids is 3. The molecule has 0 atom stereocenters. The molecular formula is C31H38O7. The van der Waals surface area contributed by atoms with Crippen molar-refractivity contribution in [3.05, 3.63) is 77.9 Å². The predicted octanol–water partition coefficient (Wildman–Crippen LogP) is 6.63. The van der Waals surface area contributed by atoms with Crippen molar-refractivity contribution in [3.8, 4) is 11.5 Å². The number of benzene rings is 2. The van der Waals surface area contributed by atoms with Gasteiger partial charge in [-0.05, 0) is 79.8 Å².